The standard InChI is InChI=1S/C18H21N5O3S/c24-17(21-10-12-22(13-11-21)18-19-7-1-8-20-18)15-3-5-16(6-4-15)23-9-2-14-27(23,25)26/h1,3-8H,2,9-14H2. The van der Waals surface area contributed by atoms with Crippen LogP contribution in [0, 0.1) is 0 Å². The Bertz CT molecular complexity index is 910. The van der Waals surface area contributed by atoms with Crippen molar-refractivity contribution >= 4 is 27.6 Å². The summed E-state index contributed by atoms with van der Waals surface area (Å²) < 4.78 is 25.4. The van der Waals surface area contributed by atoms with E-state index in [-0.39, 0.29) is 11.7 Å². The lowest BCUT2D eigenvalue weighted by Crippen LogP contribution is -2.49. The normalized spacial score (nSPS) is 19.3. The highest BCUT2D eigenvalue weighted by Gasteiger charge is 2.29. The molecule has 142 valence electrons. The second-order valence-electron chi connectivity index (χ2n) is 6.62. The second-order valence-corrected chi connectivity index (χ2v) is 8.63. The van der Waals surface area contributed by atoms with Crippen LogP contribution in [0.25, 0.3) is 0 Å². The highest BCUT2D eigenvalue weighted by molar-refractivity contribution is 7.93. The summed E-state index contributed by atoms with van der Waals surface area (Å²) in [5, 5.41) is 0. The molecule has 0 aliphatic carbocycles. The van der Waals surface area contributed by atoms with E-state index in [0.29, 0.717) is 56.3 Å². The van der Waals surface area contributed by atoms with Crippen LogP contribution in [-0.4, -0.2) is 67.7 Å². The zero-order chi connectivity index (χ0) is 18.9. The van der Waals surface area contributed by atoms with E-state index in [2.05, 4.69) is 14.9 Å². The van der Waals surface area contributed by atoms with Crippen molar-refractivity contribution in [2.75, 3.05) is 47.7 Å². The third-order valence-corrected chi connectivity index (χ3v) is 6.77. The number of hydrogen-bond donors (Lipinski definition) is 0. The maximum atomic E-state index is 12.7. The van der Waals surface area contributed by atoms with Crippen LogP contribution in [0.15, 0.2) is 42.7 Å². The molecule has 0 bridgehead atoms. The lowest BCUT2D eigenvalue weighted by Gasteiger charge is -2.34. The molecule has 1 amide bonds. The molecule has 2 aliphatic rings. The number of piperazine rings is 1. The molecular formula is C18H21N5O3S. The van der Waals surface area contributed by atoms with E-state index < -0.39 is 10.0 Å². The summed E-state index contributed by atoms with van der Waals surface area (Å²) in [5.41, 5.74) is 1.19. The summed E-state index contributed by atoms with van der Waals surface area (Å²) in [6.07, 6.45) is 4.06. The molecule has 0 spiro atoms. The Morgan fingerprint density at radius 2 is 1.59 bits per heavy atom. The predicted octanol–water partition coefficient (Wildman–Crippen LogP) is 0.979. The first-order valence-corrected chi connectivity index (χ1v) is 10.6. The molecule has 0 atom stereocenters. The molecule has 1 aromatic carbocycles. The van der Waals surface area contributed by atoms with Gasteiger partial charge in [-0.3, -0.25) is 9.10 Å². The zero-order valence-electron chi connectivity index (χ0n) is 14.9. The molecule has 2 fully saturated rings. The second kappa shape index (κ2) is 7.15. The lowest BCUT2D eigenvalue weighted by molar-refractivity contribution is 0.0746. The molecular weight excluding hydrogens is 366 g/mol. The number of benzene rings is 1. The van der Waals surface area contributed by atoms with Crippen LogP contribution in [0.4, 0.5) is 11.6 Å². The van der Waals surface area contributed by atoms with Crippen molar-refractivity contribution in [3.05, 3.63) is 48.3 Å². The highest BCUT2D eigenvalue weighted by Crippen LogP contribution is 2.24. The number of carbonyl (C=O) groups is 1. The Kier molecular flexibility index (Phi) is 4.69. The largest absolute Gasteiger partial charge is 0.337 e. The number of sulfonamides is 1. The average Bonchev–Trinajstić information content (AvgIpc) is 3.07. The molecule has 0 unspecified atom stereocenters. The summed E-state index contributed by atoms with van der Waals surface area (Å²) in [7, 11) is -3.21. The van der Waals surface area contributed by atoms with Gasteiger partial charge >= 0.3 is 0 Å². The van der Waals surface area contributed by atoms with E-state index in [1.165, 1.54) is 4.31 Å². The Hall–Kier alpha value is -2.68. The van der Waals surface area contributed by atoms with Gasteiger partial charge in [0.2, 0.25) is 16.0 Å². The van der Waals surface area contributed by atoms with E-state index in [4.69, 9.17) is 0 Å². The molecule has 0 radical (unpaired) electrons. The minimum atomic E-state index is -3.21. The smallest absolute Gasteiger partial charge is 0.253 e. The summed E-state index contributed by atoms with van der Waals surface area (Å²) in [6.45, 7) is 3.05. The average molecular weight is 387 g/mol. The van der Waals surface area contributed by atoms with Crippen molar-refractivity contribution in [2.45, 2.75) is 6.42 Å². The van der Waals surface area contributed by atoms with E-state index in [1.54, 1.807) is 47.6 Å². The van der Waals surface area contributed by atoms with Crippen LogP contribution in [-0.2, 0) is 10.0 Å². The van der Waals surface area contributed by atoms with Gasteiger partial charge in [0.15, 0.2) is 0 Å². The van der Waals surface area contributed by atoms with E-state index in [0.717, 1.165) is 0 Å². The van der Waals surface area contributed by atoms with Crippen LogP contribution >= 0.6 is 0 Å². The van der Waals surface area contributed by atoms with E-state index >= 15 is 0 Å². The maximum absolute atomic E-state index is 12.7. The fourth-order valence-electron chi connectivity index (χ4n) is 3.45. The van der Waals surface area contributed by atoms with Crippen LogP contribution in [0.1, 0.15) is 16.8 Å². The highest BCUT2D eigenvalue weighted by atomic mass is 32.2. The van der Waals surface area contributed by atoms with Crippen molar-refractivity contribution < 1.29 is 13.2 Å². The number of rotatable bonds is 3. The number of anilines is 2. The van der Waals surface area contributed by atoms with Gasteiger partial charge in [0.05, 0.1) is 11.4 Å². The van der Waals surface area contributed by atoms with Crippen LogP contribution in [0.2, 0.25) is 0 Å². The van der Waals surface area contributed by atoms with Crippen LogP contribution < -0.4 is 9.21 Å². The first kappa shape index (κ1) is 17.7. The quantitative estimate of drug-likeness (QED) is 0.780. The predicted molar refractivity (Wildman–Crippen MR) is 102 cm³/mol. The fourth-order valence-corrected chi connectivity index (χ4v) is 5.01. The third-order valence-electron chi connectivity index (χ3n) is 4.90. The first-order chi connectivity index (χ1) is 13.0. The van der Waals surface area contributed by atoms with Gasteiger partial charge in [-0.05, 0) is 36.8 Å². The van der Waals surface area contributed by atoms with Crippen molar-refractivity contribution in [3.8, 4) is 0 Å². The van der Waals surface area contributed by atoms with Crippen LogP contribution in [0.3, 0.4) is 0 Å². The van der Waals surface area contributed by atoms with Crippen molar-refractivity contribution in [1.82, 2.24) is 14.9 Å². The molecule has 2 aromatic rings. The summed E-state index contributed by atoms with van der Waals surface area (Å²) in [5.74, 6) is 0.823. The van der Waals surface area contributed by atoms with Crippen molar-refractivity contribution in [2.24, 2.45) is 0 Å². The van der Waals surface area contributed by atoms with Gasteiger partial charge in [-0.15, -0.1) is 0 Å². The van der Waals surface area contributed by atoms with Gasteiger partial charge in [0.25, 0.3) is 5.91 Å². The summed E-state index contributed by atoms with van der Waals surface area (Å²) in [6, 6.07) is 8.62. The molecule has 27 heavy (non-hydrogen) atoms. The van der Waals surface area contributed by atoms with E-state index in [1.807, 2.05) is 0 Å². The molecule has 1 aromatic heterocycles. The molecule has 9 heteroatoms. The summed E-state index contributed by atoms with van der Waals surface area (Å²) >= 11 is 0. The number of hydrogen-bond acceptors (Lipinski definition) is 6. The minimum absolute atomic E-state index is 0.0422. The molecule has 3 heterocycles. The molecule has 0 saturated carbocycles. The molecule has 2 aliphatic heterocycles. The minimum Gasteiger partial charge on any atom is -0.337 e. The summed E-state index contributed by atoms with van der Waals surface area (Å²) in [4.78, 5) is 25.1. The van der Waals surface area contributed by atoms with Gasteiger partial charge < -0.3 is 9.80 Å². The Morgan fingerprint density at radius 3 is 2.19 bits per heavy atom. The SMILES string of the molecule is O=C(c1ccc(N2CCCS2(=O)=O)cc1)N1CCN(c2ncccn2)CC1. The maximum Gasteiger partial charge on any atom is 0.253 e. The van der Waals surface area contributed by atoms with Crippen molar-refractivity contribution in [3.63, 3.8) is 0 Å². The molecule has 4 rings (SSSR count). The Labute approximate surface area is 158 Å². The Morgan fingerprint density at radius 1 is 0.926 bits per heavy atom. The van der Waals surface area contributed by atoms with Gasteiger partial charge in [-0.1, -0.05) is 0 Å². The van der Waals surface area contributed by atoms with Crippen molar-refractivity contribution in [1.29, 1.82) is 0 Å². The fraction of sp³-hybridized carbons (Fsp3) is 0.389. The van der Waals surface area contributed by atoms with E-state index in [9.17, 15) is 13.2 Å². The third kappa shape index (κ3) is 3.59. The number of nitrogens with zero attached hydrogens (tertiary/aromatic N) is 5. The van der Waals surface area contributed by atoms with Gasteiger partial charge in [-0.25, -0.2) is 18.4 Å². The van der Waals surface area contributed by atoms with Gasteiger partial charge in [-0.2, -0.15) is 0 Å². The van der Waals surface area contributed by atoms with Crippen LogP contribution in [0.5, 0.6) is 0 Å². The monoisotopic (exact) mass is 387 g/mol. The molecule has 8 nitrogen and oxygen atoms in total. The molecule has 0 N–H and O–H groups in total. The lowest BCUT2D eigenvalue weighted by atomic mass is 10.1. The number of carbonyl (C=O) groups excluding carboxylic acids is 1. The topological polar surface area (TPSA) is 86.7 Å². The number of aromatic nitrogens is 2. The zero-order valence-corrected chi connectivity index (χ0v) is 15.7. The Balaban J connectivity index is 1.40. The molecule has 2 saturated heterocycles. The number of amides is 1. The van der Waals surface area contributed by atoms with Gasteiger partial charge in [0.1, 0.15) is 0 Å². The first-order valence-electron chi connectivity index (χ1n) is 8.96. The van der Waals surface area contributed by atoms with Gasteiger partial charge in [0, 0.05) is 50.7 Å².